The molecule has 0 bridgehead atoms. The van der Waals surface area contributed by atoms with Crippen molar-refractivity contribution >= 4 is 35.2 Å². The number of carbonyl (C=O) groups excluding carboxylic acids is 1. The van der Waals surface area contributed by atoms with Crippen molar-refractivity contribution in [3.63, 3.8) is 0 Å². The van der Waals surface area contributed by atoms with Gasteiger partial charge in [0.15, 0.2) is 0 Å². The predicted octanol–water partition coefficient (Wildman–Crippen LogP) is 6.06. The first-order chi connectivity index (χ1) is 14.9. The van der Waals surface area contributed by atoms with Crippen LogP contribution in [0.15, 0.2) is 60.2 Å². The van der Waals surface area contributed by atoms with Gasteiger partial charge in [0.1, 0.15) is 11.6 Å². The Morgan fingerprint density at radius 3 is 2.55 bits per heavy atom. The van der Waals surface area contributed by atoms with Gasteiger partial charge >= 0.3 is 0 Å². The fraction of sp³-hybridized carbons (Fsp3) is 0.200. The van der Waals surface area contributed by atoms with Crippen LogP contribution in [0.4, 0.5) is 0 Å². The van der Waals surface area contributed by atoms with Gasteiger partial charge in [0.05, 0.1) is 10.7 Å². The Labute approximate surface area is 192 Å². The number of hydrogen-bond acceptors (Lipinski definition) is 2. The number of halogens is 2. The maximum atomic E-state index is 12.5. The van der Waals surface area contributed by atoms with E-state index in [4.69, 9.17) is 23.2 Å². The third-order valence-corrected chi connectivity index (χ3v) is 5.59. The van der Waals surface area contributed by atoms with Crippen molar-refractivity contribution < 1.29 is 4.79 Å². The molecular formula is C25H23Cl2N3O. The molecule has 0 fully saturated rings. The number of aromatic nitrogens is 1. The largest absolute Gasteiger partial charge is 0.351 e. The summed E-state index contributed by atoms with van der Waals surface area (Å²) in [5.74, 6) is -0.370. The van der Waals surface area contributed by atoms with E-state index in [9.17, 15) is 10.1 Å². The average molecular weight is 452 g/mol. The standard InChI is InChI=1S/C25H23Cl2N3O/c1-17-13-20(18(2)30(17)24-11-10-22(26)15-23(24)27)14-21(16-28)25(31)29-12-6-9-19-7-4-3-5-8-19/h3-5,7-8,10-11,13-15H,6,9,12H2,1-2H3,(H,29,31)/b21-14-. The molecule has 0 spiro atoms. The smallest absolute Gasteiger partial charge is 0.261 e. The molecule has 0 saturated carbocycles. The molecule has 0 aliphatic rings. The Kier molecular flexibility index (Phi) is 7.57. The summed E-state index contributed by atoms with van der Waals surface area (Å²) in [6, 6.07) is 19.4. The first kappa shape index (κ1) is 22.7. The maximum absolute atomic E-state index is 12.5. The van der Waals surface area contributed by atoms with Gasteiger partial charge in [-0.15, -0.1) is 0 Å². The van der Waals surface area contributed by atoms with Gasteiger partial charge in [-0.1, -0.05) is 53.5 Å². The molecule has 0 atom stereocenters. The van der Waals surface area contributed by atoms with Crippen LogP contribution in [-0.4, -0.2) is 17.0 Å². The molecule has 0 aliphatic heterocycles. The molecule has 0 aliphatic carbocycles. The minimum atomic E-state index is -0.370. The van der Waals surface area contributed by atoms with E-state index in [-0.39, 0.29) is 11.5 Å². The van der Waals surface area contributed by atoms with Gasteiger partial charge < -0.3 is 9.88 Å². The summed E-state index contributed by atoms with van der Waals surface area (Å²) in [6.07, 6.45) is 3.29. The summed E-state index contributed by atoms with van der Waals surface area (Å²) in [6.45, 7) is 4.38. The fourth-order valence-corrected chi connectivity index (χ4v) is 4.00. The molecule has 0 unspecified atom stereocenters. The number of carbonyl (C=O) groups is 1. The summed E-state index contributed by atoms with van der Waals surface area (Å²) in [7, 11) is 0. The van der Waals surface area contributed by atoms with Crippen LogP contribution >= 0.6 is 23.2 Å². The molecule has 1 heterocycles. The van der Waals surface area contributed by atoms with Crippen molar-refractivity contribution in [2.45, 2.75) is 26.7 Å². The van der Waals surface area contributed by atoms with E-state index < -0.39 is 0 Å². The molecule has 1 N–H and O–H groups in total. The minimum Gasteiger partial charge on any atom is -0.351 e. The number of benzene rings is 2. The molecule has 1 amide bonds. The summed E-state index contributed by atoms with van der Waals surface area (Å²) in [5.41, 5.74) is 4.70. The summed E-state index contributed by atoms with van der Waals surface area (Å²) in [5, 5.41) is 13.5. The first-order valence-electron chi connectivity index (χ1n) is 9.99. The molecule has 31 heavy (non-hydrogen) atoms. The quantitative estimate of drug-likeness (QED) is 0.269. The fourth-order valence-electron chi connectivity index (χ4n) is 3.51. The Balaban J connectivity index is 1.73. The number of amides is 1. The summed E-state index contributed by atoms with van der Waals surface area (Å²) < 4.78 is 1.98. The van der Waals surface area contributed by atoms with E-state index >= 15 is 0 Å². The zero-order valence-electron chi connectivity index (χ0n) is 17.5. The maximum Gasteiger partial charge on any atom is 0.261 e. The van der Waals surface area contributed by atoms with Crippen LogP contribution in [0.5, 0.6) is 0 Å². The highest BCUT2D eigenvalue weighted by molar-refractivity contribution is 6.35. The van der Waals surface area contributed by atoms with E-state index in [1.807, 2.05) is 54.8 Å². The van der Waals surface area contributed by atoms with Crippen LogP contribution in [-0.2, 0) is 11.2 Å². The molecule has 0 saturated heterocycles. The summed E-state index contributed by atoms with van der Waals surface area (Å²) in [4.78, 5) is 12.5. The molecule has 1 aromatic heterocycles. The second-order valence-corrected chi connectivity index (χ2v) is 8.12. The Hall–Kier alpha value is -3.00. The Morgan fingerprint density at radius 1 is 1.13 bits per heavy atom. The normalized spacial score (nSPS) is 11.3. The van der Waals surface area contributed by atoms with E-state index in [0.29, 0.717) is 16.6 Å². The Morgan fingerprint density at radius 2 is 1.87 bits per heavy atom. The number of nitrogens with zero attached hydrogens (tertiary/aromatic N) is 2. The van der Waals surface area contributed by atoms with Crippen molar-refractivity contribution in [2.24, 2.45) is 0 Å². The zero-order valence-corrected chi connectivity index (χ0v) is 19.0. The van der Waals surface area contributed by atoms with Crippen molar-refractivity contribution in [1.82, 2.24) is 9.88 Å². The van der Waals surface area contributed by atoms with Crippen LogP contribution in [0.3, 0.4) is 0 Å². The van der Waals surface area contributed by atoms with E-state index in [1.165, 1.54) is 5.56 Å². The van der Waals surface area contributed by atoms with E-state index in [1.54, 1.807) is 18.2 Å². The first-order valence-corrected chi connectivity index (χ1v) is 10.7. The highest BCUT2D eigenvalue weighted by Gasteiger charge is 2.15. The number of nitrogens with one attached hydrogen (secondary N) is 1. The SMILES string of the molecule is Cc1cc(/C=C(/C#N)C(=O)NCCCc2ccccc2)c(C)n1-c1ccc(Cl)cc1Cl. The van der Waals surface area contributed by atoms with Crippen molar-refractivity contribution in [2.75, 3.05) is 6.54 Å². The van der Waals surface area contributed by atoms with Gasteiger partial charge in [0.25, 0.3) is 5.91 Å². The third kappa shape index (κ3) is 5.58. The lowest BCUT2D eigenvalue weighted by Gasteiger charge is -2.12. The molecule has 2 aromatic carbocycles. The molecular weight excluding hydrogens is 429 g/mol. The molecule has 3 aromatic rings. The summed E-state index contributed by atoms with van der Waals surface area (Å²) >= 11 is 12.4. The monoisotopic (exact) mass is 451 g/mol. The van der Waals surface area contributed by atoms with Crippen molar-refractivity contribution in [1.29, 1.82) is 5.26 Å². The van der Waals surface area contributed by atoms with Crippen LogP contribution in [0, 0.1) is 25.2 Å². The highest BCUT2D eigenvalue weighted by atomic mass is 35.5. The minimum absolute atomic E-state index is 0.0714. The number of nitriles is 1. The van der Waals surface area contributed by atoms with Gasteiger partial charge in [0.2, 0.25) is 0 Å². The lowest BCUT2D eigenvalue weighted by Crippen LogP contribution is -2.25. The molecule has 0 radical (unpaired) electrons. The topological polar surface area (TPSA) is 57.8 Å². The molecule has 6 heteroatoms. The second-order valence-electron chi connectivity index (χ2n) is 7.27. The van der Waals surface area contributed by atoms with Crippen molar-refractivity contribution in [3.8, 4) is 11.8 Å². The number of rotatable bonds is 7. The van der Waals surface area contributed by atoms with Gasteiger partial charge in [-0.2, -0.15) is 5.26 Å². The number of hydrogen-bond donors (Lipinski definition) is 1. The van der Waals surface area contributed by atoms with Crippen LogP contribution < -0.4 is 5.32 Å². The third-order valence-electron chi connectivity index (χ3n) is 5.06. The van der Waals surface area contributed by atoms with Crippen LogP contribution in [0.1, 0.15) is 28.9 Å². The zero-order chi connectivity index (χ0) is 22.4. The van der Waals surface area contributed by atoms with Crippen LogP contribution in [0.2, 0.25) is 10.0 Å². The highest BCUT2D eigenvalue weighted by Crippen LogP contribution is 2.29. The molecule has 4 nitrogen and oxygen atoms in total. The molecule has 158 valence electrons. The number of aryl methyl sites for hydroxylation is 2. The lowest BCUT2D eigenvalue weighted by molar-refractivity contribution is -0.117. The second kappa shape index (κ2) is 10.3. The van der Waals surface area contributed by atoms with Gasteiger partial charge in [-0.3, -0.25) is 4.79 Å². The van der Waals surface area contributed by atoms with Gasteiger partial charge in [-0.25, -0.2) is 0 Å². The van der Waals surface area contributed by atoms with E-state index in [0.717, 1.165) is 35.5 Å². The van der Waals surface area contributed by atoms with E-state index in [2.05, 4.69) is 17.4 Å². The predicted molar refractivity (Wildman–Crippen MR) is 127 cm³/mol. The average Bonchev–Trinajstić information content (AvgIpc) is 3.03. The molecule has 3 rings (SSSR count). The van der Waals surface area contributed by atoms with Gasteiger partial charge in [-0.05, 0) is 68.2 Å². The Bertz CT molecular complexity index is 1160. The van der Waals surface area contributed by atoms with Crippen LogP contribution in [0.25, 0.3) is 11.8 Å². The van der Waals surface area contributed by atoms with Gasteiger partial charge in [0, 0.05) is 23.0 Å². The van der Waals surface area contributed by atoms with Crippen molar-refractivity contribution in [3.05, 3.63) is 92.7 Å². The lowest BCUT2D eigenvalue weighted by atomic mass is 10.1.